The smallest absolute Gasteiger partial charge is 0.124 e. The van der Waals surface area contributed by atoms with E-state index in [4.69, 9.17) is 0 Å². The van der Waals surface area contributed by atoms with Crippen LogP contribution in [0.2, 0.25) is 0 Å². The Bertz CT molecular complexity index is 531. The van der Waals surface area contributed by atoms with E-state index in [9.17, 15) is 4.39 Å². The molecule has 2 aromatic rings. The zero-order chi connectivity index (χ0) is 13.2. The minimum absolute atomic E-state index is 0.171. The van der Waals surface area contributed by atoms with Crippen molar-refractivity contribution in [1.82, 2.24) is 4.90 Å². The molecule has 1 fully saturated rings. The van der Waals surface area contributed by atoms with Crippen molar-refractivity contribution in [3.8, 4) is 0 Å². The molecule has 1 aliphatic rings. The monoisotopic (exact) mass is 339 g/mol. The molecule has 0 unspecified atom stereocenters. The van der Waals surface area contributed by atoms with Crippen molar-refractivity contribution in [2.75, 3.05) is 0 Å². The van der Waals surface area contributed by atoms with Crippen LogP contribution in [0, 0.1) is 5.82 Å². The molecule has 1 aromatic carbocycles. The van der Waals surface area contributed by atoms with E-state index in [0.717, 1.165) is 23.1 Å². The van der Waals surface area contributed by atoms with Gasteiger partial charge < -0.3 is 0 Å². The van der Waals surface area contributed by atoms with Gasteiger partial charge in [-0.3, -0.25) is 4.90 Å². The van der Waals surface area contributed by atoms with Crippen LogP contribution in [0.25, 0.3) is 0 Å². The fourth-order valence-corrected chi connectivity index (χ4v) is 3.48. The van der Waals surface area contributed by atoms with E-state index in [2.05, 4.69) is 37.7 Å². The molecule has 0 amide bonds. The summed E-state index contributed by atoms with van der Waals surface area (Å²) in [7, 11) is 0. The van der Waals surface area contributed by atoms with E-state index in [-0.39, 0.29) is 5.82 Å². The number of halogens is 2. The number of hydrogen-bond donors (Lipinski definition) is 0. The molecule has 0 aliphatic heterocycles. The van der Waals surface area contributed by atoms with E-state index >= 15 is 0 Å². The molecule has 1 saturated carbocycles. The molecular weight excluding hydrogens is 325 g/mol. The second-order valence-corrected chi connectivity index (χ2v) is 6.74. The molecule has 19 heavy (non-hydrogen) atoms. The lowest BCUT2D eigenvalue weighted by atomic mass is 10.2. The van der Waals surface area contributed by atoms with E-state index in [0.29, 0.717) is 6.04 Å². The van der Waals surface area contributed by atoms with Crippen LogP contribution < -0.4 is 0 Å². The summed E-state index contributed by atoms with van der Waals surface area (Å²) >= 11 is 5.09. The van der Waals surface area contributed by atoms with Crippen molar-refractivity contribution in [3.63, 3.8) is 0 Å². The van der Waals surface area contributed by atoms with Crippen molar-refractivity contribution in [2.24, 2.45) is 0 Å². The van der Waals surface area contributed by atoms with Gasteiger partial charge in [-0.15, -0.1) is 0 Å². The number of thiophene rings is 1. The Morgan fingerprint density at radius 3 is 2.63 bits per heavy atom. The minimum Gasteiger partial charge on any atom is -0.292 e. The van der Waals surface area contributed by atoms with Gasteiger partial charge in [0.25, 0.3) is 0 Å². The Morgan fingerprint density at radius 2 is 2.00 bits per heavy atom. The van der Waals surface area contributed by atoms with Gasteiger partial charge in [0.2, 0.25) is 0 Å². The molecule has 0 spiro atoms. The van der Waals surface area contributed by atoms with Crippen molar-refractivity contribution < 1.29 is 4.39 Å². The average Bonchev–Trinajstić information content (AvgIpc) is 3.06. The molecule has 0 atom stereocenters. The summed E-state index contributed by atoms with van der Waals surface area (Å²) in [5.41, 5.74) is 2.39. The molecule has 100 valence electrons. The highest BCUT2D eigenvalue weighted by Gasteiger charge is 2.29. The van der Waals surface area contributed by atoms with E-state index in [1.165, 1.54) is 24.5 Å². The summed E-state index contributed by atoms with van der Waals surface area (Å²) in [6.45, 7) is 1.78. The topological polar surface area (TPSA) is 3.24 Å². The van der Waals surface area contributed by atoms with Gasteiger partial charge in [0.05, 0.1) is 0 Å². The first-order chi connectivity index (χ1) is 9.20. The molecular formula is C15H15BrFNS. The molecule has 0 N–H and O–H groups in total. The van der Waals surface area contributed by atoms with Crippen LogP contribution >= 0.6 is 27.3 Å². The lowest BCUT2D eigenvalue weighted by molar-refractivity contribution is 0.245. The number of benzene rings is 1. The third kappa shape index (κ3) is 3.65. The molecule has 4 heteroatoms. The van der Waals surface area contributed by atoms with Crippen molar-refractivity contribution in [1.29, 1.82) is 0 Å². The summed E-state index contributed by atoms with van der Waals surface area (Å²) < 4.78 is 14.2. The molecule has 3 rings (SSSR count). The van der Waals surface area contributed by atoms with Gasteiger partial charge in [-0.05, 0) is 59.0 Å². The molecule has 0 saturated heterocycles. The van der Waals surface area contributed by atoms with Crippen LogP contribution in [0.1, 0.15) is 24.0 Å². The third-order valence-corrected chi connectivity index (χ3v) is 4.53. The maximum Gasteiger partial charge on any atom is 0.124 e. The van der Waals surface area contributed by atoms with Crippen LogP contribution in [0.3, 0.4) is 0 Å². The quantitative estimate of drug-likeness (QED) is 0.755. The van der Waals surface area contributed by atoms with Crippen LogP contribution in [0.5, 0.6) is 0 Å². The molecule has 0 bridgehead atoms. The van der Waals surface area contributed by atoms with Gasteiger partial charge in [0.1, 0.15) is 5.82 Å². The SMILES string of the molecule is Fc1cc(Br)cc(CN(Cc2ccsc2)C2CC2)c1. The summed E-state index contributed by atoms with van der Waals surface area (Å²) in [5.74, 6) is -0.171. The number of hydrogen-bond acceptors (Lipinski definition) is 2. The van der Waals surface area contributed by atoms with Crippen LogP contribution in [-0.2, 0) is 13.1 Å². The molecule has 1 aliphatic carbocycles. The van der Waals surface area contributed by atoms with Gasteiger partial charge in [-0.1, -0.05) is 15.9 Å². The number of rotatable bonds is 5. The predicted octanol–water partition coefficient (Wildman–Crippen LogP) is 4.81. The van der Waals surface area contributed by atoms with Crippen molar-refractivity contribution >= 4 is 27.3 Å². The zero-order valence-electron chi connectivity index (χ0n) is 10.5. The first kappa shape index (κ1) is 13.3. The zero-order valence-corrected chi connectivity index (χ0v) is 12.9. The van der Waals surface area contributed by atoms with Crippen LogP contribution in [-0.4, -0.2) is 10.9 Å². The van der Waals surface area contributed by atoms with Crippen molar-refractivity contribution in [2.45, 2.75) is 32.0 Å². The normalized spacial score (nSPS) is 15.1. The number of nitrogens with zero attached hydrogens (tertiary/aromatic N) is 1. The Balaban J connectivity index is 1.74. The highest BCUT2D eigenvalue weighted by molar-refractivity contribution is 9.10. The standard InChI is InChI=1S/C15H15BrFNS/c16-13-5-12(6-14(17)7-13)9-18(15-1-2-15)8-11-3-4-19-10-11/h3-7,10,15H,1-2,8-9H2. The summed E-state index contributed by atoms with van der Waals surface area (Å²) in [6, 6.07) is 7.98. The van der Waals surface area contributed by atoms with Gasteiger partial charge in [-0.2, -0.15) is 11.3 Å². The van der Waals surface area contributed by atoms with Gasteiger partial charge >= 0.3 is 0 Å². The third-order valence-electron chi connectivity index (χ3n) is 3.34. The summed E-state index contributed by atoms with van der Waals surface area (Å²) in [5, 5.41) is 4.30. The predicted molar refractivity (Wildman–Crippen MR) is 80.7 cm³/mol. The van der Waals surface area contributed by atoms with Crippen molar-refractivity contribution in [3.05, 3.63) is 56.4 Å². The summed E-state index contributed by atoms with van der Waals surface area (Å²) in [4.78, 5) is 2.45. The Morgan fingerprint density at radius 1 is 1.21 bits per heavy atom. The summed E-state index contributed by atoms with van der Waals surface area (Å²) in [6.07, 6.45) is 2.53. The molecule has 1 heterocycles. The highest BCUT2D eigenvalue weighted by atomic mass is 79.9. The minimum atomic E-state index is -0.171. The van der Waals surface area contributed by atoms with E-state index in [1.54, 1.807) is 17.4 Å². The van der Waals surface area contributed by atoms with E-state index < -0.39 is 0 Å². The van der Waals surface area contributed by atoms with Crippen LogP contribution in [0.4, 0.5) is 4.39 Å². The average molecular weight is 340 g/mol. The second kappa shape index (κ2) is 5.73. The second-order valence-electron chi connectivity index (χ2n) is 5.05. The molecule has 0 radical (unpaired) electrons. The molecule has 1 aromatic heterocycles. The molecule has 1 nitrogen and oxygen atoms in total. The maximum atomic E-state index is 13.4. The van der Waals surface area contributed by atoms with Crippen LogP contribution in [0.15, 0.2) is 39.5 Å². The first-order valence-corrected chi connectivity index (χ1v) is 8.14. The fourth-order valence-electron chi connectivity index (χ4n) is 2.31. The van der Waals surface area contributed by atoms with E-state index in [1.807, 2.05) is 6.07 Å². The maximum absolute atomic E-state index is 13.4. The fraction of sp³-hybridized carbons (Fsp3) is 0.333. The Kier molecular flexibility index (Phi) is 4.01. The van der Waals surface area contributed by atoms with Gasteiger partial charge in [0.15, 0.2) is 0 Å². The largest absolute Gasteiger partial charge is 0.292 e. The lowest BCUT2D eigenvalue weighted by Crippen LogP contribution is -2.24. The lowest BCUT2D eigenvalue weighted by Gasteiger charge is -2.21. The Hall–Kier alpha value is -0.710. The highest BCUT2D eigenvalue weighted by Crippen LogP contribution is 2.30. The first-order valence-electron chi connectivity index (χ1n) is 6.41. The van der Waals surface area contributed by atoms with Gasteiger partial charge in [0, 0.05) is 23.6 Å². The van der Waals surface area contributed by atoms with Gasteiger partial charge in [-0.25, -0.2) is 4.39 Å². The Labute approximate surface area is 125 Å².